The van der Waals surface area contributed by atoms with Gasteiger partial charge in [-0.2, -0.15) is 4.31 Å². The van der Waals surface area contributed by atoms with Crippen molar-refractivity contribution in [3.63, 3.8) is 0 Å². The highest BCUT2D eigenvalue weighted by atomic mass is 35.5. The van der Waals surface area contributed by atoms with Gasteiger partial charge in [-0.15, -0.1) is 0 Å². The monoisotopic (exact) mass is 586 g/mol. The van der Waals surface area contributed by atoms with Gasteiger partial charge in [0, 0.05) is 49.6 Å². The highest BCUT2D eigenvalue weighted by Gasteiger charge is 2.43. The van der Waals surface area contributed by atoms with Gasteiger partial charge < -0.3 is 19.1 Å². The molecule has 0 bridgehead atoms. The molecule has 4 rings (SSSR count). The molecule has 1 atom stereocenters. The third-order valence-electron chi connectivity index (χ3n) is 7.19. The molecule has 3 aromatic carbocycles. The molecule has 0 saturated carbocycles. The molecule has 0 N–H and O–H groups in total. The van der Waals surface area contributed by atoms with E-state index in [1.165, 1.54) is 24.6 Å². The SMILES string of the molecule is COc1ccc(OC)c(S(=O)(=O)N2CCC[C@@](COc3ccc(Cl)cc3)(CC(=O)N(C)Cc3ccccc3)C2)c1. The minimum absolute atomic E-state index is 0.0243. The number of ether oxygens (including phenoxy) is 3. The number of carbonyl (C=O) groups is 1. The van der Waals surface area contributed by atoms with Crippen LogP contribution < -0.4 is 14.2 Å². The Kier molecular flexibility index (Phi) is 9.60. The summed E-state index contributed by atoms with van der Waals surface area (Å²) in [6.07, 6.45) is 1.34. The van der Waals surface area contributed by atoms with Crippen LogP contribution in [0, 0.1) is 5.41 Å². The topological polar surface area (TPSA) is 85.4 Å². The van der Waals surface area contributed by atoms with Crippen LogP contribution in [0.25, 0.3) is 0 Å². The van der Waals surface area contributed by atoms with Crippen molar-refractivity contribution >= 4 is 27.5 Å². The molecule has 214 valence electrons. The first-order chi connectivity index (χ1) is 19.2. The number of nitrogens with zero attached hydrogens (tertiary/aromatic N) is 2. The quantitative estimate of drug-likeness (QED) is 0.305. The van der Waals surface area contributed by atoms with Gasteiger partial charge in [0.05, 0.1) is 20.8 Å². The molecule has 10 heteroatoms. The Bertz CT molecular complexity index is 1400. The molecule has 0 radical (unpaired) electrons. The summed E-state index contributed by atoms with van der Waals surface area (Å²) in [6, 6.07) is 21.4. The maximum atomic E-state index is 13.9. The van der Waals surface area contributed by atoms with Crippen molar-refractivity contribution in [2.75, 3.05) is 41.0 Å². The summed E-state index contributed by atoms with van der Waals surface area (Å²) >= 11 is 6.03. The van der Waals surface area contributed by atoms with E-state index in [-0.39, 0.29) is 36.1 Å². The van der Waals surface area contributed by atoms with E-state index < -0.39 is 15.4 Å². The van der Waals surface area contributed by atoms with Crippen LogP contribution in [0.15, 0.2) is 77.7 Å². The number of amides is 1. The van der Waals surface area contributed by atoms with E-state index in [0.29, 0.717) is 42.5 Å². The minimum Gasteiger partial charge on any atom is -0.497 e. The normalized spacial score (nSPS) is 17.7. The van der Waals surface area contributed by atoms with E-state index in [4.69, 9.17) is 25.8 Å². The predicted octanol–water partition coefficient (Wildman–Crippen LogP) is 5.26. The van der Waals surface area contributed by atoms with Crippen LogP contribution in [0.3, 0.4) is 0 Å². The minimum atomic E-state index is -3.97. The molecule has 1 heterocycles. The van der Waals surface area contributed by atoms with Crippen LogP contribution in [0.5, 0.6) is 17.2 Å². The summed E-state index contributed by atoms with van der Waals surface area (Å²) in [5.74, 6) is 1.16. The molecule has 1 amide bonds. The second kappa shape index (κ2) is 12.9. The standard InChI is InChI=1S/C30H35ClN2O6S/c1-32(20-23-8-5-4-6-9-23)29(34)19-30(22-39-25-12-10-24(31)11-13-25)16-7-17-33(21-30)40(35,36)28-18-26(37-2)14-15-27(28)38-3/h4-6,8-15,18H,7,16-17,19-22H2,1-3H3/t30-/m1/s1. The van der Waals surface area contributed by atoms with Gasteiger partial charge in [0.15, 0.2) is 0 Å². The fourth-order valence-corrected chi connectivity index (χ4v) is 6.86. The Morgan fingerprint density at radius 1 is 1.00 bits per heavy atom. The number of hydrogen-bond donors (Lipinski definition) is 0. The second-order valence-electron chi connectivity index (χ2n) is 10.1. The van der Waals surface area contributed by atoms with E-state index in [0.717, 1.165) is 5.56 Å². The van der Waals surface area contributed by atoms with Crippen LogP contribution >= 0.6 is 11.6 Å². The lowest BCUT2D eigenvalue weighted by atomic mass is 9.78. The first kappa shape index (κ1) is 29.7. The lowest BCUT2D eigenvalue weighted by molar-refractivity contribution is -0.134. The van der Waals surface area contributed by atoms with E-state index in [1.807, 2.05) is 30.3 Å². The van der Waals surface area contributed by atoms with Crippen LogP contribution in [0.2, 0.25) is 5.02 Å². The molecule has 0 aliphatic carbocycles. The summed E-state index contributed by atoms with van der Waals surface area (Å²) in [5, 5.41) is 0.585. The zero-order valence-electron chi connectivity index (χ0n) is 23.0. The lowest BCUT2D eigenvalue weighted by Crippen LogP contribution is -2.50. The van der Waals surface area contributed by atoms with Crippen LogP contribution in [0.1, 0.15) is 24.8 Å². The third kappa shape index (κ3) is 7.08. The molecular weight excluding hydrogens is 552 g/mol. The van der Waals surface area contributed by atoms with Crippen molar-refractivity contribution in [1.82, 2.24) is 9.21 Å². The number of rotatable bonds is 11. The number of sulfonamides is 1. The third-order valence-corrected chi connectivity index (χ3v) is 9.31. The number of methoxy groups -OCH3 is 2. The van der Waals surface area contributed by atoms with Gasteiger partial charge >= 0.3 is 0 Å². The lowest BCUT2D eigenvalue weighted by Gasteiger charge is -2.42. The molecule has 1 aliphatic heterocycles. The summed E-state index contributed by atoms with van der Waals surface area (Å²) < 4.78 is 46.1. The molecule has 1 fully saturated rings. The van der Waals surface area contributed by atoms with Crippen LogP contribution in [-0.4, -0.2) is 64.5 Å². The number of carbonyl (C=O) groups excluding carboxylic acids is 1. The van der Waals surface area contributed by atoms with Crippen molar-refractivity contribution in [2.45, 2.75) is 30.7 Å². The van der Waals surface area contributed by atoms with E-state index in [2.05, 4.69) is 0 Å². The molecule has 1 saturated heterocycles. The maximum absolute atomic E-state index is 13.9. The number of halogens is 1. The largest absolute Gasteiger partial charge is 0.497 e. The molecular formula is C30H35ClN2O6S. The zero-order valence-corrected chi connectivity index (χ0v) is 24.6. The van der Waals surface area contributed by atoms with Crippen molar-refractivity contribution in [3.8, 4) is 17.2 Å². The first-order valence-electron chi connectivity index (χ1n) is 13.0. The fourth-order valence-electron chi connectivity index (χ4n) is 4.97. The summed E-state index contributed by atoms with van der Waals surface area (Å²) in [4.78, 5) is 15.2. The van der Waals surface area contributed by atoms with Gasteiger partial charge in [0.25, 0.3) is 0 Å². The van der Waals surface area contributed by atoms with E-state index >= 15 is 0 Å². The van der Waals surface area contributed by atoms with E-state index in [9.17, 15) is 13.2 Å². The first-order valence-corrected chi connectivity index (χ1v) is 14.9. The maximum Gasteiger partial charge on any atom is 0.246 e. The average molecular weight is 587 g/mol. The van der Waals surface area contributed by atoms with E-state index in [1.54, 1.807) is 48.3 Å². The Balaban J connectivity index is 1.61. The van der Waals surface area contributed by atoms with Crippen molar-refractivity contribution in [1.29, 1.82) is 0 Å². The van der Waals surface area contributed by atoms with Gasteiger partial charge in [0.2, 0.25) is 15.9 Å². The van der Waals surface area contributed by atoms with Crippen LogP contribution in [-0.2, 0) is 21.4 Å². The summed E-state index contributed by atoms with van der Waals surface area (Å²) in [6.45, 7) is 1.06. The van der Waals surface area contributed by atoms with Crippen molar-refractivity contribution in [2.24, 2.45) is 5.41 Å². The zero-order chi connectivity index (χ0) is 28.8. The van der Waals surface area contributed by atoms with Crippen molar-refractivity contribution < 1.29 is 27.4 Å². The number of benzene rings is 3. The number of piperidine rings is 1. The Hall–Kier alpha value is -3.27. The molecule has 1 aliphatic rings. The van der Waals surface area contributed by atoms with Gasteiger partial charge in [-0.1, -0.05) is 41.9 Å². The smallest absolute Gasteiger partial charge is 0.246 e. The Morgan fingerprint density at radius 2 is 1.70 bits per heavy atom. The van der Waals surface area contributed by atoms with Gasteiger partial charge in [-0.3, -0.25) is 4.79 Å². The molecule has 0 aromatic heterocycles. The highest BCUT2D eigenvalue weighted by molar-refractivity contribution is 7.89. The van der Waals surface area contributed by atoms with Gasteiger partial charge in [0.1, 0.15) is 22.1 Å². The summed E-state index contributed by atoms with van der Waals surface area (Å²) in [7, 11) is 0.709. The second-order valence-corrected chi connectivity index (χ2v) is 12.5. The molecule has 40 heavy (non-hydrogen) atoms. The molecule has 8 nitrogen and oxygen atoms in total. The summed E-state index contributed by atoms with van der Waals surface area (Å²) in [5.41, 5.74) is 0.266. The number of hydrogen-bond acceptors (Lipinski definition) is 6. The molecule has 0 spiro atoms. The Labute approximate surface area is 241 Å². The average Bonchev–Trinajstić information content (AvgIpc) is 2.97. The fraction of sp³-hybridized carbons (Fsp3) is 0.367. The molecule has 0 unspecified atom stereocenters. The van der Waals surface area contributed by atoms with Gasteiger partial charge in [-0.25, -0.2) is 8.42 Å². The highest BCUT2D eigenvalue weighted by Crippen LogP contribution is 2.39. The van der Waals surface area contributed by atoms with Crippen LogP contribution in [0.4, 0.5) is 0 Å². The Morgan fingerprint density at radius 3 is 2.38 bits per heavy atom. The predicted molar refractivity (Wildman–Crippen MR) is 154 cm³/mol. The van der Waals surface area contributed by atoms with Crippen molar-refractivity contribution in [3.05, 3.63) is 83.4 Å². The van der Waals surface area contributed by atoms with Gasteiger partial charge in [-0.05, 0) is 54.8 Å². The molecule has 3 aromatic rings.